The summed E-state index contributed by atoms with van der Waals surface area (Å²) in [5, 5.41) is 5.53. The zero-order valence-electron chi connectivity index (χ0n) is 25.4. The molecule has 4 N–H and O–H groups in total. The van der Waals surface area contributed by atoms with Gasteiger partial charge in [-0.05, 0) is 70.1 Å². The smallest absolute Gasteiger partial charge is 0.408 e. The van der Waals surface area contributed by atoms with Gasteiger partial charge in [0, 0.05) is 12.6 Å². The van der Waals surface area contributed by atoms with Crippen molar-refractivity contribution in [2.45, 2.75) is 111 Å². The first-order valence-electron chi connectivity index (χ1n) is 14.3. The molecule has 3 unspecified atom stereocenters. The van der Waals surface area contributed by atoms with Crippen LogP contribution >= 0.6 is 0 Å². The molecule has 3 atom stereocenters. The molecule has 0 fully saturated rings. The number of hydrogen-bond donors (Lipinski definition) is 3. The third kappa shape index (κ3) is 12.2. The number of nitrogens with one attached hydrogen (secondary N) is 2. The molecular formula is C31H50N4O5. The Morgan fingerprint density at radius 3 is 2.33 bits per heavy atom. The Morgan fingerprint density at radius 1 is 1.10 bits per heavy atom. The first-order chi connectivity index (χ1) is 18.7. The molecule has 0 aliphatic rings. The molecule has 1 aromatic rings. The Hall–Kier alpha value is -3.36. The molecule has 1 rings (SSSR count). The lowest BCUT2D eigenvalue weighted by Crippen LogP contribution is -2.56. The predicted octanol–water partition coefficient (Wildman–Crippen LogP) is 5.10. The van der Waals surface area contributed by atoms with Crippen LogP contribution in [0.3, 0.4) is 0 Å². The third-order valence-corrected chi connectivity index (χ3v) is 6.35. The van der Waals surface area contributed by atoms with Gasteiger partial charge in [-0.15, -0.1) is 0 Å². The van der Waals surface area contributed by atoms with E-state index in [1.807, 2.05) is 25.1 Å². The summed E-state index contributed by atoms with van der Waals surface area (Å²) < 4.78 is 5.35. The van der Waals surface area contributed by atoms with Crippen molar-refractivity contribution in [1.82, 2.24) is 15.5 Å². The van der Waals surface area contributed by atoms with Crippen molar-refractivity contribution in [3.8, 4) is 0 Å². The second-order valence-electron chi connectivity index (χ2n) is 11.7. The number of nitrogens with zero attached hydrogens (tertiary/aromatic N) is 1. The fourth-order valence-corrected chi connectivity index (χ4v) is 4.32. The minimum atomic E-state index is -1.31. The zero-order valence-corrected chi connectivity index (χ0v) is 25.4. The lowest BCUT2D eigenvalue weighted by Gasteiger charge is -2.38. The SMILES string of the molecule is C=Cc1cccc(C(C(=O)NCCCCC)N(C(=O)C(CC(N)=O)NC(=O)OC(C)(C)C)C(C)CCC(C)C)c1. The molecule has 0 aromatic heterocycles. The summed E-state index contributed by atoms with van der Waals surface area (Å²) in [5.41, 5.74) is 6.07. The van der Waals surface area contributed by atoms with Crippen LogP contribution in [0.25, 0.3) is 6.08 Å². The van der Waals surface area contributed by atoms with Crippen LogP contribution in [-0.4, -0.2) is 52.9 Å². The van der Waals surface area contributed by atoms with E-state index in [2.05, 4.69) is 38.0 Å². The van der Waals surface area contributed by atoms with Crippen LogP contribution in [0.5, 0.6) is 0 Å². The molecule has 0 bridgehead atoms. The fraction of sp³-hybridized carbons (Fsp3) is 0.613. The quantitative estimate of drug-likeness (QED) is 0.243. The van der Waals surface area contributed by atoms with Crippen molar-refractivity contribution >= 4 is 29.9 Å². The average molecular weight is 559 g/mol. The van der Waals surface area contributed by atoms with Crippen LogP contribution in [-0.2, 0) is 19.1 Å². The van der Waals surface area contributed by atoms with Gasteiger partial charge in [-0.1, -0.05) is 64.5 Å². The summed E-state index contributed by atoms with van der Waals surface area (Å²) in [5.74, 6) is -1.32. The number of carbonyl (C=O) groups excluding carboxylic acids is 4. The van der Waals surface area contributed by atoms with Gasteiger partial charge in [0.25, 0.3) is 0 Å². The number of primary amides is 1. The van der Waals surface area contributed by atoms with Gasteiger partial charge in [-0.2, -0.15) is 0 Å². The van der Waals surface area contributed by atoms with E-state index in [0.29, 0.717) is 24.4 Å². The maximum atomic E-state index is 14.3. The fourth-order valence-electron chi connectivity index (χ4n) is 4.32. The van der Waals surface area contributed by atoms with Crippen LogP contribution in [0.15, 0.2) is 30.8 Å². The van der Waals surface area contributed by atoms with Gasteiger partial charge >= 0.3 is 6.09 Å². The van der Waals surface area contributed by atoms with Crippen LogP contribution in [0.1, 0.15) is 104 Å². The normalized spacial score (nSPS) is 13.6. The number of carbonyl (C=O) groups is 4. The van der Waals surface area contributed by atoms with Crippen molar-refractivity contribution in [3.05, 3.63) is 42.0 Å². The highest BCUT2D eigenvalue weighted by Gasteiger charge is 2.39. The van der Waals surface area contributed by atoms with E-state index >= 15 is 0 Å². The number of benzene rings is 1. The number of hydrogen-bond acceptors (Lipinski definition) is 5. The molecule has 224 valence electrons. The van der Waals surface area contributed by atoms with E-state index in [1.54, 1.807) is 32.9 Å². The van der Waals surface area contributed by atoms with Crippen LogP contribution in [0, 0.1) is 5.92 Å². The Morgan fingerprint density at radius 2 is 1.77 bits per heavy atom. The Labute approximate surface area is 240 Å². The molecule has 0 saturated carbocycles. The summed E-state index contributed by atoms with van der Waals surface area (Å²) in [4.78, 5) is 54.3. The van der Waals surface area contributed by atoms with E-state index in [1.165, 1.54) is 4.90 Å². The van der Waals surface area contributed by atoms with Gasteiger partial charge in [-0.3, -0.25) is 14.4 Å². The second kappa shape index (κ2) is 16.7. The highest BCUT2D eigenvalue weighted by Crippen LogP contribution is 2.29. The number of rotatable bonds is 16. The second-order valence-corrected chi connectivity index (χ2v) is 11.7. The Bertz CT molecular complexity index is 1000. The topological polar surface area (TPSA) is 131 Å². The van der Waals surface area contributed by atoms with E-state index in [-0.39, 0.29) is 5.91 Å². The summed E-state index contributed by atoms with van der Waals surface area (Å²) in [6.07, 6.45) is 4.58. The maximum absolute atomic E-state index is 14.3. The monoisotopic (exact) mass is 558 g/mol. The maximum Gasteiger partial charge on any atom is 0.408 e. The summed E-state index contributed by atoms with van der Waals surface area (Å²) >= 11 is 0. The first kappa shape index (κ1) is 34.7. The highest BCUT2D eigenvalue weighted by atomic mass is 16.6. The Balaban J connectivity index is 3.63. The molecule has 0 saturated heterocycles. The van der Waals surface area contributed by atoms with Gasteiger partial charge in [0.15, 0.2) is 0 Å². The van der Waals surface area contributed by atoms with Crippen LogP contribution in [0.4, 0.5) is 4.79 Å². The van der Waals surface area contributed by atoms with Crippen molar-refractivity contribution in [3.63, 3.8) is 0 Å². The zero-order chi connectivity index (χ0) is 30.5. The molecule has 0 radical (unpaired) electrons. The lowest BCUT2D eigenvalue weighted by molar-refractivity contribution is -0.146. The molecule has 9 nitrogen and oxygen atoms in total. The molecular weight excluding hydrogens is 508 g/mol. The minimum absolute atomic E-state index is 0.336. The van der Waals surface area contributed by atoms with Gasteiger partial charge in [0.1, 0.15) is 17.7 Å². The van der Waals surface area contributed by atoms with Crippen LogP contribution < -0.4 is 16.4 Å². The highest BCUT2D eigenvalue weighted by molar-refractivity contribution is 5.94. The number of amides is 4. The largest absolute Gasteiger partial charge is 0.444 e. The van der Waals surface area contributed by atoms with Gasteiger partial charge < -0.3 is 26.0 Å². The predicted molar refractivity (Wildman–Crippen MR) is 159 cm³/mol. The van der Waals surface area contributed by atoms with E-state index in [9.17, 15) is 19.2 Å². The number of nitrogens with two attached hydrogens (primary N) is 1. The molecule has 0 aliphatic heterocycles. The number of alkyl carbamates (subject to hydrolysis) is 1. The van der Waals surface area contributed by atoms with E-state index in [0.717, 1.165) is 31.2 Å². The van der Waals surface area contributed by atoms with Crippen molar-refractivity contribution in [2.24, 2.45) is 11.7 Å². The molecule has 40 heavy (non-hydrogen) atoms. The molecule has 0 heterocycles. The molecule has 9 heteroatoms. The van der Waals surface area contributed by atoms with E-state index < -0.39 is 48.1 Å². The van der Waals surface area contributed by atoms with Crippen LogP contribution in [0.2, 0.25) is 0 Å². The first-order valence-corrected chi connectivity index (χ1v) is 14.3. The summed E-state index contributed by atoms with van der Waals surface area (Å²) in [6, 6.07) is 4.57. The molecule has 0 spiro atoms. The van der Waals surface area contributed by atoms with Gasteiger partial charge in [0.2, 0.25) is 17.7 Å². The lowest BCUT2D eigenvalue weighted by atomic mass is 9.95. The van der Waals surface area contributed by atoms with Gasteiger partial charge in [0.05, 0.1) is 6.42 Å². The van der Waals surface area contributed by atoms with Gasteiger partial charge in [-0.25, -0.2) is 4.79 Å². The molecule has 4 amide bonds. The summed E-state index contributed by atoms with van der Waals surface area (Å²) in [7, 11) is 0. The van der Waals surface area contributed by atoms with E-state index in [4.69, 9.17) is 10.5 Å². The minimum Gasteiger partial charge on any atom is -0.444 e. The standard InChI is InChI=1S/C31H50N4O5/c1-9-11-12-18-33-28(37)27(24-15-13-14-23(10-2)19-24)35(22(5)17-16-21(3)4)29(38)25(20-26(32)36)34-30(39)40-31(6,7)8/h10,13-15,19,21-22,25,27H,2,9,11-12,16-18,20H2,1,3-8H3,(H2,32,36)(H,33,37)(H,34,39). The molecule has 1 aromatic carbocycles. The number of ether oxygens (including phenoxy) is 1. The average Bonchev–Trinajstić information content (AvgIpc) is 2.86. The van der Waals surface area contributed by atoms with Crippen molar-refractivity contribution in [2.75, 3.05) is 6.54 Å². The third-order valence-electron chi connectivity index (χ3n) is 6.35. The number of unbranched alkanes of at least 4 members (excludes halogenated alkanes) is 2. The van der Waals surface area contributed by atoms with Crippen molar-refractivity contribution < 1.29 is 23.9 Å². The molecule has 0 aliphatic carbocycles. The summed E-state index contributed by atoms with van der Waals surface area (Å²) in [6.45, 7) is 17.5. The Kier molecular flexibility index (Phi) is 14.5. The van der Waals surface area contributed by atoms with Crippen molar-refractivity contribution in [1.29, 1.82) is 0 Å².